The van der Waals surface area contributed by atoms with Crippen LogP contribution in [0.1, 0.15) is 62.2 Å². The number of piperidine rings is 1. The van der Waals surface area contributed by atoms with E-state index in [2.05, 4.69) is 65.7 Å². The van der Waals surface area contributed by atoms with Crippen molar-refractivity contribution in [2.45, 2.75) is 51.1 Å². The Morgan fingerprint density at radius 3 is 2.08 bits per heavy atom. The van der Waals surface area contributed by atoms with Crippen molar-refractivity contribution in [3.63, 3.8) is 0 Å². The summed E-state index contributed by atoms with van der Waals surface area (Å²) in [6.45, 7) is 5.99. The molecule has 2 aliphatic rings. The lowest BCUT2D eigenvalue weighted by Gasteiger charge is -2.24. The molecule has 4 rings (SSSR count). The van der Waals surface area contributed by atoms with E-state index in [4.69, 9.17) is 0 Å². The van der Waals surface area contributed by atoms with E-state index >= 15 is 0 Å². The molecular weight excluding hydrogens is 304 g/mol. The Bertz CT molecular complexity index is 662. The molecule has 2 aromatic carbocycles. The Hall–Kier alpha value is -1.64. The van der Waals surface area contributed by atoms with E-state index in [1.165, 1.54) is 67.4 Å². The van der Waals surface area contributed by atoms with Gasteiger partial charge in [-0.05, 0) is 74.5 Å². The van der Waals surface area contributed by atoms with E-state index in [0.29, 0.717) is 12.1 Å². The first kappa shape index (κ1) is 16.8. The molecule has 25 heavy (non-hydrogen) atoms. The second-order valence-corrected chi connectivity index (χ2v) is 7.67. The SMILES string of the molecule is CC(c1ccc(-c2ccc(C3CCCCN3)cc2)cc1)N1CCCC1. The van der Waals surface area contributed by atoms with E-state index in [1.54, 1.807) is 0 Å². The number of rotatable bonds is 4. The van der Waals surface area contributed by atoms with Crippen molar-refractivity contribution in [3.05, 3.63) is 59.7 Å². The highest BCUT2D eigenvalue weighted by Gasteiger charge is 2.19. The number of hydrogen-bond acceptors (Lipinski definition) is 2. The average Bonchev–Trinajstić information content (AvgIpc) is 3.23. The summed E-state index contributed by atoms with van der Waals surface area (Å²) < 4.78 is 0. The van der Waals surface area contributed by atoms with Crippen LogP contribution in [0.15, 0.2) is 48.5 Å². The highest BCUT2D eigenvalue weighted by atomic mass is 15.2. The third-order valence-corrected chi connectivity index (χ3v) is 6.04. The predicted molar refractivity (Wildman–Crippen MR) is 106 cm³/mol. The van der Waals surface area contributed by atoms with Gasteiger partial charge in [0, 0.05) is 12.1 Å². The standard InChI is InChI=1S/C23H30N2/c1-18(25-16-4-5-17-25)19-7-9-20(10-8-19)21-11-13-22(14-12-21)23-6-2-3-15-24-23/h7-14,18,23-24H,2-6,15-17H2,1H3. The molecule has 2 fully saturated rings. The fourth-order valence-electron chi connectivity index (χ4n) is 4.34. The molecule has 2 aromatic rings. The van der Waals surface area contributed by atoms with Gasteiger partial charge in [0.25, 0.3) is 0 Å². The third kappa shape index (κ3) is 3.80. The van der Waals surface area contributed by atoms with Crippen molar-refractivity contribution in [2.75, 3.05) is 19.6 Å². The first-order valence-corrected chi connectivity index (χ1v) is 9.99. The van der Waals surface area contributed by atoms with Gasteiger partial charge in [0.15, 0.2) is 0 Å². The van der Waals surface area contributed by atoms with Crippen LogP contribution in [0.4, 0.5) is 0 Å². The number of nitrogens with one attached hydrogen (secondary N) is 1. The first-order chi connectivity index (χ1) is 12.3. The Morgan fingerprint density at radius 1 is 0.840 bits per heavy atom. The highest BCUT2D eigenvalue weighted by molar-refractivity contribution is 5.64. The second-order valence-electron chi connectivity index (χ2n) is 7.67. The van der Waals surface area contributed by atoms with Crippen LogP contribution < -0.4 is 5.32 Å². The van der Waals surface area contributed by atoms with Gasteiger partial charge in [-0.25, -0.2) is 0 Å². The molecule has 2 heteroatoms. The molecule has 132 valence electrons. The topological polar surface area (TPSA) is 15.3 Å². The minimum atomic E-state index is 0.538. The smallest absolute Gasteiger partial charge is 0.0320 e. The number of nitrogens with zero attached hydrogens (tertiary/aromatic N) is 1. The quantitative estimate of drug-likeness (QED) is 0.813. The molecule has 0 aromatic heterocycles. The van der Waals surface area contributed by atoms with Crippen molar-refractivity contribution < 1.29 is 0 Å². The molecule has 1 N–H and O–H groups in total. The van der Waals surface area contributed by atoms with Crippen LogP contribution in [0.25, 0.3) is 11.1 Å². The molecule has 2 aliphatic heterocycles. The zero-order chi connectivity index (χ0) is 17.1. The molecule has 0 radical (unpaired) electrons. The van der Waals surface area contributed by atoms with Crippen molar-refractivity contribution >= 4 is 0 Å². The summed E-state index contributed by atoms with van der Waals surface area (Å²) in [5.41, 5.74) is 5.51. The minimum absolute atomic E-state index is 0.538. The summed E-state index contributed by atoms with van der Waals surface area (Å²) in [7, 11) is 0. The van der Waals surface area contributed by atoms with Crippen LogP contribution in [-0.4, -0.2) is 24.5 Å². The van der Waals surface area contributed by atoms with Gasteiger partial charge in [0.05, 0.1) is 0 Å². The maximum Gasteiger partial charge on any atom is 0.0320 e. The van der Waals surface area contributed by atoms with Crippen molar-refractivity contribution in [2.24, 2.45) is 0 Å². The molecule has 2 nitrogen and oxygen atoms in total. The summed E-state index contributed by atoms with van der Waals surface area (Å²) in [6, 6.07) is 19.5. The van der Waals surface area contributed by atoms with Crippen LogP contribution in [0.3, 0.4) is 0 Å². The molecule has 0 amide bonds. The van der Waals surface area contributed by atoms with Gasteiger partial charge >= 0.3 is 0 Å². The third-order valence-electron chi connectivity index (χ3n) is 6.04. The van der Waals surface area contributed by atoms with Crippen molar-refractivity contribution in [1.29, 1.82) is 0 Å². The zero-order valence-electron chi connectivity index (χ0n) is 15.4. The van der Waals surface area contributed by atoms with Gasteiger partial charge in [-0.1, -0.05) is 55.0 Å². The van der Waals surface area contributed by atoms with Crippen molar-refractivity contribution in [1.82, 2.24) is 10.2 Å². The fraction of sp³-hybridized carbons (Fsp3) is 0.478. The molecule has 2 heterocycles. The van der Waals surface area contributed by atoms with Gasteiger partial charge in [0.2, 0.25) is 0 Å². The number of hydrogen-bond donors (Lipinski definition) is 1. The van der Waals surface area contributed by atoms with Gasteiger partial charge in [-0.3, -0.25) is 4.90 Å². The van der Waals surface area contributed by atoms with Gasteiger partial charge in [0.1, 0.15) is 0 Å². The van der Waals surface area contributed by atoms with E-state index in [1.807, 2.05) is 0 Å². The molecule has 0 bridgehead atoms. The van der Waals surface area contributed by atoms with Crippen LogP contribution in [0, 0.1) is 0 Å². The Balaban J connectivity index is 1.46. The van der Waals surface area contributed by atoms with Gasteiger partial charge in [-0.15, -0.1) is 0 Å². The van der Waals surface area contributed by atoms with E-state index in [-0.39, 0.29) is 0 Å². The van der Waals surface area contributed by atoms with Crippen LogP contribution >= 0.6 is 0 Å². The average molecular weight is 335 g/mol. The molecule has 0 aliphatic carbocycles. The maximum atomic E-state index is 3.64. The molecular formula is C23H30N2. The van der Waals surface area contributed by atoms with E-state index < -0.39 is 0 Å². The summed E-state index contributed by atoms with van der Waals surface area (Å²) in [4.78, 5) is 2.60. The number of likely N-dealkylation sites (tertiary alicyclic amines) is 1. The van der Waals surface area contributed by atoms with Gasteiger partial charge in [-0.2, -0.15) is 0 Å². The largest absolute Gasteiger partial charge is 0.310 e. The lowest BCUT2D eigenvalue weighted by molar-refractivity contribution is 0.263. The molecule has 2 saturated heterocycles. The van der Waals surface area contributed by atoms with Crippen molar-refractivity contribution in [3.8, 4) is 11.1 Å². The van der Waals surface area contributed by atoms with E-state index in [9.17, 15) is 0 Å². The van der Waals surface area contributed by atoms with Crippen LogP contribution in [0.5, 0.6) is 0 Å². The van der Waals surface area contributed by atoms with Crippen LogP contribution in [0.2, 0.25) is 0 Å². The fourth-order valence-corrected chi connectivity index (χ4v) is 4.34. The Morgan fingerprint density at radius 2 is 1.48 bits per heavy atom. The zero-order valence-corrected chi connectivity index (χ0v) is 15.4. The Kier molecular flexibility index (Phi) is 5.19. The lowest BCUT2D eigenvalue weighted by atomic mass is 9.95. The monoisotopic (exact) mass is 334 g/mol. The number of benzene rings is 2. The summed E-state index contributed by atoms with van der Waals surface area (Å²) in [6.07, 6.45) is 6.63. The molecule has 0 saturated carbocycles. The highest BCUT2D eigenvalue weighted by Crippen LogP contribution is 2.29. The lowest BCUT2D eigenvalue weighted by Crippen LogP contribution is -2.26. The predicted octanol–water partition coefficient (Wildman–Crippen LogP) is 5.33. The maximum absolute atomic E-state index is 3.64. The molecule has 2 unspecified atom stereocenters. The molecule has 2 atom stereocenters. The normalized spacial score (nSPS) is 22.8. The second kappa shape index (κ2) is 7.72. The summed E-state index contributed by atoms with van der Waals surface area (Å²) in [5.74, 6) is 0. The summed E-state index contributed by atoms with van der Waals surface area (Å²) >= 11 is 0. The van der Waals surface area contributed by atoms with E-state index in [0.717, 1.165) is 6.54 Å². The first-order valence-electron chi connectivity index (χ1n) is 9.99. The Labute approximate surface area is 152 Å². The summed E-state index contributed by atoms with van der Waals surface area (Å²) in [5, 5.41) is 3.64. The van der Waals surface area contributed by atoms with Crippen LogP contribution in [-0.2, 0) is 0 Å². The molecule has 0 spiro atoms. The minimum Gasteiger partial charge on any atom is -0.310 e. The van der Waals surface area contributed by atoms with Gasteiger partial charge < -0.3 is 5.32 Å².